The van der Waals surface area contributed by atoms with Crippen LogP contribution in [0, 0.1) is 0 Å². The summed E-state index contributed by atoms with van der Waals surface area (Å²) < 4.78 is 8.81. The molecule has 0 aliphatic rings. The molecule has 0 rings (SSSR count). The third-order valence-corrected chi connectivity index (χ3v) is 0. The Morgan fingerprint density at radius 1 is 1.88 bits per heavy atom. The highest BCUT2D eigenvalue weighted by Gasteiger charge is 1.69. The van der Waals surface area contributed by atoms with Gasteiger partial charge in [0.05, 0.1) is 0 Å². The number of rotatable bonds is 0. The maximum absolute atomic E-state index is 9.00. The first-order chi connectivity index (χ1) is 3.46. The van der Waals surface area contributed by atoms with E-state index in [-0.39, 0.29) is 0 Å². The number of aliphatic carboxylic acids is 1. The number of carbonyl (C=O) groups is 1. The van der Waals surface area contributed by atoms with Gasteiger partial charge in [0, 0.05) is 6.92 Å². The Bertz CT molecular complexity index is 72.0. The van der Waals surface area contributed by atoms with E-state index < -0.39 is 14.1 Å². The predicted octanol–water partition coefficient (Wildman–Crippen LogP) is -0.946. The molecule has 0 aromatic heterocycles. The van der Waals surface area contributed by atoms with Crippen LogP contribution in [-0.4, -0.2) is 11.1 Å². The van der Waals surface area contributed by atoms with Gasteiger partial charge in [-0.3, -0.25) is 4.79 Å². The van der Waals surface area contributed by atoms with E-state index in [1.165, 1.54) is 0 Å². The van der Waals surface area contributed by atoms with Crippen molar-refractivity contribution in [2.75, 3.05) is 0 Å². The van der Waals surface area contributed by atoms with E-state index in [1.807, 2.05) is 0 Å². The molecule has 48 valence electrons. The van der Waals surface area contributed by atoms with Gasteiger partial charge in [0.1, 0.15) is 0 Å². The van der Waals surface area contributed by atoms with Crippen molar-refractivity contribution >= 4 is 14.1 Å². The van der Waals surface area contributed by atoms with Crippen LogP contribution in [0.3, 0.4) is 0 Å². The van der Waals surface area contributed by atoms with Gasteiger partial charge in [0.15, 0.2) is 0 Å². The molecule has 3 N–H and O–H groups in total. The molecule has 0 fully saturated rings. The first-order valence-electron chi connectivity index (χ1n) is 1.55. The van der Waals surface area contributed by atoms with E-state index in [0.29, 0.717) is 0 Å². The quantitative estimate of drug-likeness (QED) is 0.421. The van der Waals surface area contributed by atoms with E-state index in [0.717, 1.165) is 6.92 Å². The number of carboxylic acid groups (broad SMARTS) is 1. The van der Waals surface area contributed by atoms with Crippen LogP contribution in [0.5, 0.6) is 0 Å². The molecule has 6 heteroatoms. The zero-order valence-electron chi connectivity index (χ0n) is 4.20. The fourth-order valence-corrected chi connectivity index (χ4v) is 0. The van der Waals surface area contributed by atoms with Gasteiger partial charge >= 0.3 is 8.18 Å². The second-order valence-corrected chi connectivity index (χ2v) is 1.38. The Morgan fingerprint density at radius 2 is 1.88 bits per heavy atom. The zero-order chi connectivity index (χ0) is 7.15. The number of hydrogen-bond acceptors (Lipinski definition) is 3. The van der Waals surface area contributed by atoms with Crippen molar-refractivity contribution in [3.05, 3.63) is 0 Å². The van der Waals surface area contributed by atoms with Crippen molar-refractivity contribution < 1.29 is 19.4 Å². The Balaban J connectivity index is 0. The third-order valence-electron chi connectivity index (χ3n) is 0. The molecule has 0 aromatic carbocycles. The largest absolute Gasteiger partial charge is 0.578 e. The molecule has 0 saturated carbocycles. The molecule has 5 nitrogen and oxygen atoms in total. The molecule has 0 aromatic rings. The molecule has 8 heavy (non-hydrogen) atoms. The van der Waals surface area contributed by atoms with Crippen LogP contribution in [0.15, 0.2) is 0 Å². The van der Waals surface area contributed by atoms with Gasteiger partial charge in [-0.15, -0.1) is 5.50 Å². The van der Waals surface area contributed by atoms with E-state index >= 15 is 0 Å². The molecule has 1 unspecified atom stereocenters. The summed E-state index contributed by atoms with van der Waals surface area (Å²) in [5.41, 5.74) is 4.06. The minimum absolute atomic E-state index is 0.833. The molecule has 0 heterocycles. The smallest absolute Gasteiger partial charge is 0.405 e. The molecule has 0 radical (unpaired) electrons. The van der Waals surface area contributed by atoms with Crippen molar-refractivity contribution in [2.24, 2.45) is 5.50 Å². The minimum Gasteiger partial charge on any atom is -0.578 e. The second kappa shape index (κ2) is 6.49. The molecular weight excluding hydrogens is 133 g/mol. The highest BCUT2D eigenvalue weighted by Crippen LogP contribution is 1.81. The molecule has 1 atom stereocenters. The first kappa shape index (κ1) is 10.5. The summed E-state index contributed by atoms with van der Waals surface area (Å²) in [6.45, 7) is 1.08. The molecule has 0 amide bonds. The zero-order valence-corrected chi connectivity index (χ0v) is 5.09. The van der Waals surface area contributed by atoms with Crippen LogP contribution in [-0.2, 0) is 9.36 Å². The summed E-state index contributed by atoms with van der Waals surface area (Å²) >= 11 is 0. The van der Waals surface area contributed by atoms with E-state index in [1.54, 1.807) is 0 Å². The molecule has 0 bridgehead atoms. The Hall–Kier alpha value is -0.510. The highest BCUT2D eigenvalue weighted by molar-refractivity contribution is 7.33. The lowest BCUT2D eigenvalue weighted by molar-refractivity contribution is -0.164. The van der Waals surface area contributed by atoms with Gasteiger partial charge in [-0.25, -0.2) is 0 Å². The Kier molecular flexibility index (Phi) is 8.49. The van der Waals surface area contributed by atoms with Crippen molar-refractivity contribution in [2.45, 2.75) is 6.92 Å². The van der Waals surface area contributed by atoms with Crippen molar-refractivity contribution in [3.63, 3.8) is 0 Å². The van der Waals surface area contributed by atoms with Gasteiger partial charge in [0.25, 0.3) is 5.97 Å². The summed E-state index contributed by atoms with van der Waals surface area (Å²) in [6, 6.07) is 0. The van der Waals surface area contributed by atoms with Gasteiger partial charge in [-0.05, 0) is 0 Å². The summed E-state index contributed by atoms with van der Waals surface area (Å²) in [7, 11) is -2.62. The molecule has 0 spiro atoms. The fourth-order valence-electron chi connectivity index (χ4n) is 0. The lowest BCUT2D eigenvalue weighted by atomic mass is 10.9. The third kappa shape index (κ3) is 426. The molecule has 0 aliphatic carbocycles. The van der Waals surface area contributed by atoms with Crippen LogP contribution in [0.2, 0.25) is 0 Å². The van der Waals surface area contributed by atoms with Gasteiger partial charge in [-0.2, -0.15) is 0 Å². The van der Waals surface area contributed by atoms with Gasteiger partial charge in [-0.1, -0.05) is 4.57 Å². The highest BCUT2D eigenvalue weighted by atomic mass is 31.1. The maximum Gasteiger partial charge on any atom is 0.405 e. The fraction of sp³-hybridized carbons (Fsp3) is 0.500. The van der Waals surface area contributed by atoms with Gasteiger partial charge in [0.2, 0.25) is 0 Å². The topological polar surface area (TPSA) is 103 Å². The summed E-state index contributed by atoms with van der Waals surface area (Å²) in [6.07, 6.45) is 0. The Morgan fingerprint density at radius 3 is 1.88 bits per heavy atom. The minimum atomic E-state index is -2.62. The predicted molar refractivity (Wildman–Crippen MR) is 25.1 cm³/mol. The van der Waals surface area contributed by atoms with Crippen LogP contribution >= 0.6 is 8.18 Å². The SMILES string of the molecule is CC(=O)O.N[P+](=O)[O-]. The number of nitrogens with two attached hydrogens (primary N) is 1. The Labute approximate surface area is 47.0 Å². The summed E-state index contributed by atoms with van der Waals surface area (Å²) in [4.78, 5) is 17.8. The van der Waals surface area contributed by atoms with Crippen LogP contribution in [0.1, 0.15) is 6.92 Å². The summed E-state index contributed by atoms with van der Waals surface area (Å²) in [5.74, 6) is -0.833. The average Bonchev–Trinajstić information content (AvgIpc) is 1.25. The molecule has 0 saturated heterocycles. The van der Waals surface area contributed by atoms with E-state index in [9.17, 15) is 0 Å². The van der Waals surface area contributed by atoms with Crippen LogP contribution in [0.25, 0.3) is 0 Å². The van der Waals surface area contributed by atoms with Crippen LogP contribution < -0.4 is 10.4 Å². The lowest BCUT2D eigenvalue weighted by Gasteiger charge is -1.59. The first-order valence-corrected chi connectivity index (χ1v) is 2.80. The molecule has 0 aliphatic heterocycles. The van der Waals surface area contributed by atoms with Crippen LogP contribution in [0.4, 0.5) is 0 Å². The molecular formula is C2H6NO4P. The summed E-state index contributed by atoms with van der Waals surface area (Å²) in [5, 5.41) is 7.42. The van der Waals surface area contributed by atoms with Gasteiger partial charge < -0.3 is 10.00 Å². The van der Waals surface area contributed by atoms with Crippen molar-refractivity contribution in [1.82, 2.24) is 0 Å². The normalized spacial score (nSPS) is 8.62. The standard InChI is InChI=1S/C2H4O2.H2NO2P/c1-2(3)4;1-4(2)3/h1H3,(H,3,4);(H2,1,2,3). The number of hydrogen-bond donors (Lipinski definition) is 2. The lowest BCUT2D eigenvalue weighted by Crippen LogP contribution is -1.91. The monoisotopic (exact) mass is 139 g/mol. The second-order valence-electron chi connectivity index (χ2n) is 0.804. The van der Waals surface area contributed by atoms with Crippen molar-refractivity contribution in [3.8, 4) is 0 Å². The van der Waals surface area contributed by atoms with Crippen molar-refractivity contribution in [1.29, 1.82) is 0 Å². The van der Waals surface area contributed by atoms with E-state index in [4.69, 9.17) is 19.4 Å². The maximum atomic E-state index is 9.00. The average molecular weight is 139 g/mol. The van der Waals surface area contributed by atoms with E-state index in [2.05, 4.69) is 5.50 Å². The number of carboxylic acids is 1.